The second kappa shape index (κ2) is 10.4. The number of ether oxygens (including phenoxy) is 2. The van der Waals surface area contributed by atoms with E-state index in [0.717, 1.165) is 5.69 Å². The van der Waals surface area contributed by atoms with Gasteiger partial charge in [0.05, 0.1) is 23.6 Å². The van der Waals surface area contributed by atoms with Crippen molar-refractivity contribution < 1.29 is 23.6 Å². The molecule has 0 radical (unpaired) electrons. The molecule has 0 atom stereocenters. The molecule has 156 valence electrons. The molecule has 0 aliphatic carbocycles. The number of para-hydroxylation sites is 2. The molecule has 2 aromatic heterocycles. The van der Waals surface area contributed by atoms with Gasteiger partial charge in [0, 0.05) is 18.0 Å². The molecule has 0 spiro atoms. The van der Waals surface area contributed by atoms with Crippen molar-refractivity contribution in [3.8, 4) is 5.75 Å². The van der Waals surface area contributed by atoms with E-state index in [1.54, 1.807) is 36.5 Å². The highest BCUT2D eigenvalue weighted by molar-refractivity contribution is 7.98. The lowest BCUT2D eigenvalue weighted by Crippen LogP contribution is -2.21. The summed E-state index contributed by atoms with van der Waals surface area (Å²) in [6.07, 6.45) is 1.59. The zero-order valence-electron chi connectivity index (χ0n) is 16.6. The highest BCUT2D eigenvalue weighted by Gasteiger charge is 2.17. The van der Waals surface area contributed by atoms with Crippen molar-refractivity contribution in [2.75, 3.05) is 18.5 Å². The van der Waals surface area contributed by atoms with Gasteiger partial charge in [0.15, 0.2) is 6.61 Å². The molecular weight excluding hydrogens is 406 g/mol. The number of pyridine rings is 1. The molecule has 2 heterocycles. The molecule has 0 aliphatic rings. The number of carbonyl (C=O) groups excluding carboxylic acids is 2. The largest absolute Gasteiger partial charge is 0.492 e. The van der Waals surface area contributed by atoms with E-state index in [4.69, 9.17) is 14.0 Å². The van der Waals surface area contributed by atoms with Crippen LogP contribution in [0.4, 0.5) is 5.69 Å². The van der Waals surface area contributed by atoms with Crippen molar-refractivity contribution in [1.82, 2.24) is 10.1 Å². The maximum absolute atomic E-state index is 12.5. The Kier molecular flexibility index (Phi) is 7.45. The number of amides is 1. The molecule has 8 nitrogen and oxygen atoms in total. The summed E-state index contributed by atoms with van der Waals surface area (Å²) in [5, 5.41) is 7.10. The van der Waals surface area contributed by atoms with Crippen molar-refractivity contribution in [1.29, 1.82) is 0 Å². The van der Waals surface area contributed by atoms with Gasteiger partial charge in [0.25, 0.3) is 5.91 Å². The average Bonchev–Trinajstić information content (AvgIpc) is 3.17. The summed E-state index contributed by atoms with van der Waals surface area (Å²) in [4.78, 5) is 28.9. The Balaban J connectivity index is 1.58. The fourth-order valence-corrected chi connectivity index (χ4v) is 3.40. The van der Waals surface area contributed by atoms with E-state index in [9.17, 15) is 9.59 Å². The summed E-state index contributed by atoms with van der Waals surface area (Å²) in [7, 11) is 0. The number of anilines is 1. The van der Waals surface area contributed by atoms with Gasteiger partial charge in [-0.3, -0.25) is 4.79 Å². The number of thioether (sulfide) groups is 1. The third-order valence-electron chi connectivity index (χ3n) is 3.82. The molecular formula is C21H21N3O5S. The van der Waals surface area contributed by atoms with Crippen LogP contribution >= 0.6 is 11.8 Å². The van der Waals surface area contributed by atoms with Crippen LogP contribution in [0.15, 0.2) is 58.2 Å². The minimum atomic E-state index is -0.629. The van der Waals surface area contributed by atoms with Gasteiger partial charge in [-0.15, -0.1) is 0 Å². The van der Waals surface area contributed by atoms with Gasteiger partial charge in [-0.2, -0.15) is 0 Å². The van der Waals surface area contributed by atoms with E-state index < -0.39 is 18.5 Å². The van der Waals surface area contributed by atoms with Crippen molar-refractivity contribution >= 4 is 29.3 Å². The summed E-state index contributed by atoms with van der Waals surface area (Å²) < 4.78 is 15.7. The molecule has 3 rings (SSSR count). The zero-order valence-corrected chi connectivity index (χ0v) is 17.4. The Morgan fingerprint density at radius 1 is 1.20 bits per heavy atom. The van der Waals surface area contributed by atoms with Crippen LogP contribution < -0.4 is 10.1 Å². The summed E-state index contributed by atoms with van der Waals surface area (Å²) >= 11 is 1.33. The third kappa shape index (κ3) is 5.84. The van der Waals surface area contributed by atoms with Gasteiger partial charge < -0.3 is 19.3 Å². The van der Waals surface area contributed by atoms with Crippen LogP contribution in [0, 0.1) is 6.92 Å². The van der Waals surface area contributed by atoms with Crippen LogP contribution in [0.1, 0.15) is 28.7 Å². The zero-order chi connectivity index (χ0) is 21.3. The van der Waals surface area contributed by atoms with Gasteiger partial charge in [-0.1, -0.05) is 29.1 Å². The Morgan fingerprint density at radius 3 is 2.80 bits per heavy atom. The van der Waals surface area contributed by atoms with Crippen LogP contribution in [0.25, 0.3) is 0 Å². The molecule has 3 aromatic rings. The second-order valence-corrected chi connectivity index (χ2v) is 7.09. The van der Waals surface area contributed by atoms with E-state index in [-0.39, 0.29) is 5.56 Å². The first-order valence-electron chi connectivity index (χ1n) is 9.25. The van der Waals surface area contributed by atoms with Crippen molar-refractivity contribution in [3.05, 3.63) is 65.7 Å². The first kappa shape index (κ1) is 21.4. The van der Waals surface area contributed by atoms with Crippen molar-refractivity contribution in [2.24, 2.45) is 0 Å². The van der Waals surface area contributed by atoms with E-state index in [2.05, 4.69) is 15.5 Å². The van der Waals surface area contributed by atoms with Gasteiger partial charge in [0.2, 0.25) is 0 Å². The minimum Gasteiger partial charge on any atom is -0.492 e. The fourth-order valence-electron chi connectivity index (χ4n) is 2.54. The highest BCUT2D eigenvalue weighted by Crippen LogP contribution is 2.25. The Hall–Kier alpha value is -3.33. The standard InChI is InChI=1S/C21H21N3O5S/c1-3-27-18-9-5-4-8-17(18)23-19(25)12-28-21(26)16-7-6-10-22-20(16)30-13-15-11-14(2)29-24-15/h4-11H,3,12-13H2,1-2H3,(H,23,25). The second-order valence-electron chi connectivity index (χ2n) is 6.13. The first-order chi connectivity index (χ1) is 14.6. The smallest absolute Gasteiger partial charge is 0.341 e. The normalized spacial score (nSPS) is 10.5. The summed E-state index contributed by atoms with van der Waals surface area (Å²) in [6, 6.07) is 12.1. The number of rotatable bonds is 9. The quantitative estimate of drug-likeness (QED) is 0.405. The number of aryl methyl sites for hydroxylation is 1. The molecule has 0 unspecified atom stereocenters. The van der Waals surface area contributed by atoms with Crippen LogP contribution in [0.2, 0.25) is 0 Å². The molecule has 9 heteroatoms. The lowest BCUT2D eigenvalue weighted by atomic mass is 10.3. The lowest BCUT2D eigenvalue weighted by molar-refractivity contribution is -0.119. The van der Waals surface area contributed by atoms with E-state index in [1.807, 2.05) is 26.0 Å². The van der Waals surface area contributed by atoms with Crippen LogP contribution in [0.3, 0.4) is 0 Å². The predicted octanol–water partition coefficient (Wildman–Crippen LogP) is 3.86. The molecule has 0 aliphatic heterocycles. The van der Waals surface area contributed by atoms with Crippen molar-refractivity contribution in [3.63, 3.8) is 0 Å². The van der Waals surface area contributed by atoms with Crippen LogP contribution in [-0.4, -0.2) is 35.2 Å². The van der Waals surface area contributed by atoms with Gasteiger partial charge in [-0.05, 0) is 38.1 Å². The number of esters is 1. The molecule has 1 N–H and O–H groups in total. The predicted molar refractivity (Wildman–Crippen MR) is 112 cm³/mol. The Labute approximate surface area is 178 Å². The molecule has 1 aromatic carbocycles. The van der Waals surface area contributed by atoms with E-state index in [0.29, 0.717) is 34.6 Å². The average molecular weight is 427 g/mol. The van der Waals surface area contributed by atoms with E-state index >= 15 is 0 Å². The fraction of sp³-hybridized carbons (Fsp3) is 0.238. The topological polar surface area (TPSA) is 104 Å². The number of aromatic nitrogens is 2. The van der Waals surface area contributed by atoms with Crippen molar-refractivity contribution in [2.45, 2.75) is 24.6 Å². The molecule has 0 bridgehead atoms. The Bertz CT molecular complexity index is 1020. The van der Waals surface area contributed by atoms with Gasteiger partial charge in [0.1, 0.15) is 16.5 Å². The Morgan fingerprint density at radius 2 is 2.03 bits per heavy atom. The molecule has 0 saturated heterocycles. The van der Waals surface area contributed by atoms with Crippen LogP contribution in [-0.2, 0) is 15.3 Å². The maximum atomic E-state index is 12.5. The molecule has 1 amide bonds. The highest BCUT2D eigenvalue weighted by atomic mass is 32.2. The molecule has 0 saturated carbocycles. The van der Waals surface area contributed by atoms with E-state index in [1.165, 1.54) is 11.8 Å². The maximum Gasteiger partial charge on any atom is 0.341 e. The first-order valence-corrected chi connectivity index (χ1v) is 10.2. The SMILES string of the molecule is CCOc1ccccc1NC(=O)COC(=O)c1cccnc1SCc1cc(C)on1. The number of nitrogens with one attached hydrogen (secondary N) is 1. The number of nitrogens with zero attached hydrogens (tertiary/aromatic N) is 2. The molecule has 30 heavy (non-hydrogen) atoms. The summed E-state index contributed by atoms with van der Waals surface area (Å²) in [6.45, 7) is 3.70. The summed E-state index contributed by atoms with van der Waals surface area (Å²) in [5.41, 5.74) is 1.54. The number of hydrogen-bond acceptors (Lipinski definition) is 8. The van der Waals surface area contributed by atoms with Gasteiger partial charge >= 0.3 is 5.97 Å². The lowest BCUT2D eigenvalue weighted by Gasteiger charge is -2.12. The number of carbonyl (C=O) groups is 2. The van der Waals surface area contributed by atoms with Crippen LogP contribution in [0.5, 0.6) is 5.75 Å². The summed E-state index contributed by atoms with van der Waals surface area (Å²) in [5.74, 6) is 0.655. The minimum absolute atomic E-state index is 0.283. The third-order valence-corrected chi connectivity index (χ3v) is 4.86. The number of benzene rings is 1. The van der Waals surface area contributed by atoms with Gasteiger partial charge in [-0.25, -0.2) is 9.78 Å². The number of hydrogen-bond donors (Lipinski definition) is 1. The molecule has 0 fully saturated rings. The monoisotopic (exact) mass is 427 g/mol.